The van der Waals surface area contributed by atoms with Gasteiger partial charge in [-0.05, 0) is 117 Å². The maximum Gasteiger partial charge on any atom is 0.0894 e. The SMILES string of the molecule is c1ccc(-c2cccc(-c3cccc(-c4ccc5c6ccc(-c7cccc(-c8cccc(-c9ccccn9)n8)n7)cc6c6ccccc6c5c4)n3)n2)nc1. The minimum Gasteiger partial charge on any atom is -0.255 e. The Bertz CT molecular complexity index is 2770. The van der Waals surface area contributed by atoms with E-state index in [9.17, 15) is 0 Å². The summed E-state index contributed by atoms with van der Waals surface area (Å²) in [7, 11) is 0. The first-order valence-corrected chi connectivity index (χ1v) is 17.9. The minimum atomic E-state index is 0.808. The maximum atomic E-state index is 5.09. The highest BCUT2D eigenvalue weighted by Crippen LogP contribution is 2.39. The van der Waals surface area contributed by atoms with Crippen molar-refractivity contribution < 1.29 is 0 Å². The zero-order valence-corrected chi connectivity index (χ0v) is 29.0. The first-order valence-electron chi connectivity index (χ1n) is 17.9. The van der Waals surface area contributed by atoms with Crippen LogP contribution in [0.1, 0.15) is 0 Å². The third-order valence-electron chi connectivity index (χ3n) is 9.80. The van der Waals surface area contributed by atoms with E-state index in [2.05, 4.69) is 82.8 Å². The van der Waals surface area contributed by atoms with Crippen LogP contribution in [0.25, 0.3) is 100 Å². The Kier molecular flexibility index (Phi) is 7.69. The zero-order chi connectivity index (χ0) is 35.8. The molecule has 0 atom stereocenters. The highest BCUT2D eigenvalue weighted by molar-refractivity contribution is 6.26. The van der Waals surface area contributed by atoms with E-state index in [4.69, 9.17) is 19.9 Å². The molecule has 6 aromatic heterocycles. The molecule has 0 amide bonds. The van der Waals surface area contributed by atoms with E-state index in [0.717, 1.165) is 68.1 Å². The Morgan fingerprint density at radius 1 is 0.222 bits per heavy atom. The Morgan fingerprint density at radius 3 is 0.926 bits per heavy atom. The second-order valence-corrected chi connectivity index (χ2v) is 13.1. The number of nitrogens with zero attached hydrogens (tertiary/aromatic N) is 6. The first kappa shape index (κ1) is 31.3. The van der Waals surface area contributed by atoms with Crippen molar-refractivity contribution in [3.8, 4) is 68.1 Å². The summed E-state index contributed by atoms with van der Waals surface area (Å²) in [5, 5.41) is 7.14. The molecule has 6 heteroatoms. The van der Waals surface area contributed by atoms with Gasteiger partial charge in [-0.3, -0.25) is 9.97 Å². The van der Waals surface area contributed by atoms with Crippen LogP contribution < -0.4 is 0 Å². The fourth-order valence-corrected chi connectivity index (χ4v) is 7.22. The van der Waals surface area contributed by atoms with Gasteiger partial charge in [-0.2, -0.15) is 0 Å². The molecule has 10 rings (SSSR count). The molecule has 252 valence electrons. The third-order valence-corrected chi connectivity index (χ3v) is 9.80. The minimum absolute atomic E-state index is 0.808. The number of benzene rings is 4. The van der Waals surface area contributed by atoms with Crippen LogP contribution in [0, 0.1) is 0 Å². The number of rotatable bonds is 6. The van der Waals surface area contributed by atoms with Crippen LogP contribution in [0.3, 0.4) is 0 Å². The lowest BCUT2D eigenvalue weighted by atomic mass is 9.91. The Morgan fingerprint density at radius 2 is 0.537 bits per heavy atom. The highest BCUT2D eigenvalue weighted by Gasteiger charge is 2.14. The van der Waals surface area contributed by atoms with Crippen molar-refractivity contribution in [2.45, 2.75) is 0 Å². The zero-order valence-electron chi connectivity index (χ0n) is 29.0. The van der Waals surface area contributed by atoms with Gasteiger partial charge in [-0.25, -0.2) is 19.9 Å². The molecule has 0 bridgehead atoms. The van der Waals surface area contributed by atoms with Crippen molar-refractivity contribution >= 4 is 32.3 Å². The second kappa shape index (κ2) is 13.3. The number of pyridine rings is 6. The molecule has 0 fully saturated rings. The fourth-order valence-electron chi connectivity index (χ4n) is 7.22. The lowest BCUT2D eigenvalue weighted by Gasteiger charge is -2.14. The van der Waals surface area contributed by atoms with E-state index in [-0.39, 0.29) is 0 Å². The van der Waals surface area contributed by atoms with Gasteiger partial charge in [0.25, 0.3) is 0 Å². The molecule has 54 heavy (non-hydrogen) atoms. The molecule has 0 aliphatic heterocycles. The van der Waals surface area contributed by atoms with Gasteiger partial charge in [0.05, 0.1) is 56.9 Å². The van der Waals surface area contributed by atoms with Gasteiger partial charge in [-0.15, -0.1) is 0 Å². The average molecular weight is 691 g/mol. The van der Waals surface area contributed by atoms with Gasteiger partial charge in [0.1, 0.15) is 0 Å². The molecule has 0 saturated carbocycles. The molecule has 0 N–H and O–H groups in total. The summed E-state index contributed by atoms with van der Waals surface area (Å²) >= 11 is 0. The predicted octanol–water partition coefficient (Wildman–Crippen LogP) is 11.5. The lowest BCUT2D eigenvalue weighted by Crippen LogP contribution is -1.93. The molecule has 0 spiro atoms. The van der Waals surface area contributed by atoms with Gasteiger partial charge in [0.15, 0.2) is 0 Å². The molecule has 0 radical (unpaired) electrons. The largest absolute Gasteiger partial charge is 0.255 e. The van der Waals surface area contributed by atoms with Crippen molar-refractivity contribution in [2.75, 3.05) is 0 Å². The van der Waals surface area contributed by atoms with E-state index < -0.39 is 0 Å². The molecule has 0 aliphatic carbocycles. The van der Waals surface area contributed by atoms with Crippen molar-refractivity contribution in [2.24, 2.45) is 0 Å². The maximum absolute atomic E-state index is 5.09. The van der Waals surface area contributed by atoms with Crippen molar-refractivity contribution in [1.82, 2.24) is 29.9 Å². The van der Waals surface area contributed by atoms with Crippen molar-refractivity contribution in [1.29, 1.82) is 0 Å². The molecule has 6 heterocycles. The standard InChI is InChI=1S/C48H30N6/c1-2-12-34-33(11-1)37-29-31(39-15-7-19-45(51-39)47-21-9-17-43(53-47)41-13-3-5-27-49-41)23-25-35(37)36-26-24-32(30-38(34)36)40-16-8-20-46(52-40)48-22-10-18-44(54-48)42-14-4-6-28-50-42/h1-30H. The smallest absolute Gasteiger partial charge is 0.0894 e. The average Bonchev–Trinajstić information content (AvgIpc) is 3.27. The third kappa shape index (κ3) is 5.72. The summed E-state index contributed by atoms with van der Waals surface area (Å²) in [5.74, 6) is 0. The van der Waals surface area contributed by atoms with Crippen LogP contribution in [0.2, 0.25) is 0 Å². The van der Waals surface area contributed by atoms with E-state index >= 15 is 0 Å². The summed E-state index contributed by atoms with van der Waals surface area (Å²) < 4.78 is 0. The van der Waals surface area contributed by atoms with Crippen LogP contribution in [0.15, 0.2) is 182 Å². The van der Waals surface area contributed by atoms with Gasteiger partial charge < -0.3 is 0 Å². The molecule has 0 saturated heterocycles. The summed E-state index contributed by atoms with van der Waals surface area (Å²) in [6.45, 7) is 0. The van der Waals surface area contributed by atoms with Crippen LogP contribution >= 0.6 is 0 Å². The summed E-state index contributed by atoms with van der Waals surface area (Å²) in [5.41, 5.74) is 10.4. The summed E-state index contributed by atoms with van der Waals surface area (Å²) in [4.78, 5) is 29.0. The molecule has 10 aromatic rings. The second-order valence-electron chi connectivity index (χ2n) is 13.1. The van der Waals surface area contributed by atoms with Crippen LogP contribution in [-0.4, -0.2) is 29.9 Å². The van der Waals surface area contributed by atoms with Crippen molar-refractivity contribution in [3.63, 3.8) is 0 Å². The monoisotopic (exact) mass is 690 g/mol. The van der Waals surface area contributed by atoms with Gasteiger partial charge in [0.2, 0.25) is 0 Å². The van der Waals surface area contributed by atoms with E-state index in [0.29, 0.717) is 0 Å². The van der Waals surface area contributed by atoms with E-state index in [1.54, 1.807) is 12.4 Å². The Hall–Kier alpha value is -7.44. The van der Waals surface area contributed by atoms with Gasteiger partial charge in [-0.1, -0.05) is 84.9 Å². The lowest BCUT2D eigenvalue weighted by molar-refractivity contribution is 1.22. The topological polar surface area (TPSA) is 77.3 Å². The van der Waals surface area contributed by atoms with Crippen LogP contribution in [-0.2, 0) is 0 Å². The predicted molar refractivity (Wildman–Crippen MR) is 218 cm³/mol. The number of aromatic nitrogens is 6. The number of hydrogen-bond acceptors (Lipinski definition) is 6. The summed E-state index contributed by atoms with van der Waals surface area (Å²) in [6.07, 6.45) is 3.57. The number of hydrogen-bond donors (Lipinski definition) is 0. The Balaban J connectivity index is 1.04. The van der Waals surface area contributed by atoms with Crippen molar-refractivity contribution in [3.05, 3.63) is 182 Å². The summed E-state index contributed by atoms with van der Waals surface area (Å²) in [6, 6.07) is 57.9. The fraction of sp³-hybridized carbons (Fsp3) is 0. The normalized spacial score (nSPS) is 11.3. The molecule has 4 aromatic carbocycles. The van der Waals surface area contributed by atoms with Gasteiger partial charge in [0, 0.05) is 23.5 Å². The quantitative estimate of drug-likeness (QED) is 0.162. The van der Waals surface area contributed by atoms with Crippen LogP contribution in [0.4, 0.5) is 0 Å². The van der Waals surface area contributed by atoms with Gasteiger partial charge >= 0.3 is 0 Å². The Labute approximate surface area is 311 Å². The molecular weight excluding hydrogens is 661 g/mol. The van der Waals surface area contributed by atoms with Crippen LogP contribution in [0.5, 0.6) is 0 Å². The molecular formula is C48H30N6. The first-order chi connectivity index (χ1) is 26.7. The molecule has 6 nitrogen and oxygen atoms in total. The van der Waals surface area contributed by atoms with E-state index in [1.165, 1.54) is 32.3 Å². The molecule has 0 aliphatic rings. The number of fused-ring (bicyclic) bond motifs is 6. The molecule has 0 unspecified atom stereocenters. The highest BCUT2D eigenvalue weighted by atomic mass is 14.8. The van der Waals surface area contributed by atoms with E-state index in [1.807, 2.05) is 97.1 Å².